The normalized spacial score (nSPS) is 9.76. The molecule has 0 saturated carbocycles. The number of hydrogen-bond donors (Lipinski definition) is 2. The highest BCUT2D eigenvalue weighted by Crippen LogP contribution is 2.29. The first-order chi connectivity index (χ1) is 8.04. The Kier molecular flexibility index (Phi) is 4.85. The minimum Gasteiger partial charge on any atom is -0.492 e. The van der Waals surface area contributed by atoms with E-state index in [2.05, 4.69) is 15.9 Å². The molecule has 8 heteroatoms. The van der Waals surface area contributed by atoms with Crippen LogP contribution in [0.4, 0.5) is 5.69 Å². The number of carbonyl (C=O) groups is 1. The summed E-state index contributed by atoms with van der Waals surface area (Å²) in [6.07, 6.45) is 0.0750. The maximum absolute atomic E-state index is 10.8. The van der Waals surface area contributed by atoms with E-state index >= 15 is 0 Å². The lowest BCUT2D eigenvalue weighted by atomic mass is 10.3. The predicted octanol–water partition coefficient (Wildman–Crippen LogP) is 1.12. The molecule has 0 heterocycles. The zero-order chi connectivity index (χ0) is 12.8. The number of hydrazine groups is 1. The molecule has 0 unspecified atom stereocenters. The number of nitrogens with zero attached hydrogens (tertiary/aromatic N) is 1. The summed E-state index contributed by atoms with van der Waals surface area (Å²) >= 11 is 3.19. The molecule has 1 aromatic carbocycles. The number of amides is 1. The molecule has 0 atom stereocenters. The highest BCUT2D eigenvalue weighted by molar-refractivity contribution is 9.10. The highest BCUT2D eigenvalue weighted by Gasteiger charge is 2.10. The van der Waals surface area contributed by atoms with Crippen molar-refractivity contribution < 1.29 is 14.5 Å². The molecule has 0 aliphatic heterocycles. The lowest BCUT2D eigenvalue weighted by Gasteiger charge is -2.07. The van der Waals surface area contributed by atoms with Gasteiger partial charge < -0.3 is 4.74 Å². The molecule has 0 aromatic heterocycles. The van der Waals surface area contributed by atoms with Crippen LogP contribution < -0.4 is 16.0 Å². The summed E-state index contributed by atoms with van der Waals surface area (Å²) in [5.41, 5.74) is 1.88. The fourth-order valence-corrected chi connectivity index (χ4v) is 1.40. The molecule has 0 aliphatic rings. The van der Waals surface area contributed by atoms with Gasteiger partial charge in [-0.15, -0.1) is 0 Å². The van der Waals surface area contributed by atoms with Crippen molar-refractivity contribution in [2.45, 2.75) is 6.42 Å². The van der Waals surface area contributed by atoms with Crippen LogP contribution in [-0.4, -0.2) is 17.4 Å². The van der Waals surface area contributed by atoms with Gasteiger partial charge in [0.05, 0.1) is 28.5 Å². The maximum Gasteiger partial charge on any atom is 0.273 e. The maximum atomic E-state index is 10.8. The van der Waals surface area contributed by atoms with Gasteiger partial charge in [-0.3, -0.25) is 20.3 Å². The first-order valence-electron chi connectivity index (χ1n) is 4.60. The van der Waals surface area contributed by atoms with Crippen molar-refractivity contribution in [2.24, 2.45) is 5.84 Å². The number of benzene rings is 1. The number of rotatable bonds is 5. The molecule has 0 spiro atoms. The molecule has 0 bridgehead atoms. The number of nitro benzene ring substituents is 1. The second-order valence-corrected chi connectivity index (χ2v) is 3.89. The van der Waals surface area contributed by atoms with Crippen LogP contribution in [-0.2, 0) is 4.79 Å². The molecule has 1 amide bonds. The number of nitro groups is 1. The van der Waals surface area contributed by atoms with Gasteiger partial charge in [0.1, 0.15) is 5.75 Å². The Morgan fingerprint density at radius 1 is 1.59 bits per heavy atom. The fourth-order valence-electron chi connectivity index (χ4n) is 1.04. The van der Waals surface area contributed by atoms with E-state index in [1.54, 1.807) is 0 Å². The molecule has 0 aliphatic carbocycles. The summed E-state index contributed by atoms with van der Waals surface area (Å²) in [6, 6.07) is 4.14. The summed E-state index contributed by atoms with van der Waals surface area (Å²) in [5.74, 6) is 4.83. The summed E-state index contributed by atoms with van der Waals surface area (Å²) in [7, 11) is 0. The van der Waals surface area contributed by atoms with Crippen LogP contribution in [0.2, 0.25) is 0 Å². The summed E-state index contributed by atoms with van der Waals surface area (Å²) < 4.78 is 5.81. The minimum absolute atomic E-state index is 0.0750. The first-order valence-corrected chi connectivity index (χ1v) is 5.40. The molecule has 17 heavy (non-hydrogen) atoms. The molecule has 1 aromatic rings. The van der Waals surface area contributed by atoms with E-state index in [1.165, 1.54) is 18.2 Å². The van der Waals surface area contributed by atoms with Crippen LogP contribution in [0.1, 0.15) is 6.42 Å². The summed E-state index contributed by atoms with van der Waals surface area (Å²) in [5, 5.41) is 10.5. The molecule has 7 nitrogen and oxygen atoms in total. The van der Waals surface area contributed by atoms with E-state index in [9.17, 15) is 14.9 Å². The van der Waals surface area contributed by atoms with Crippen molar-refractivity contribution in [2.75, 3.05) is 6.61 Å². The van der Waals surface area contributed by atoms with Gasteiger partial charge in [0.15, 0.2) is 0 Å². The van der Waals surface area contributed by atoms with Crippen LogP contribution in [0, 0.1) is 10.1 Å². The van der Waals surface area contributed by atoms with Gasteiger partial charge in [-0.1, -0.05) is 0 Å². The fraction of sp³-hybridized carbons (Fsp3) is 0.222. The van der Waals surface area contributed by atoms with Gasteiger partial charge in [0.25, 0.3) is 5.69 Å². The number of halogens is 1. The van der Waals surface area contributed by atoms with Crippen molar-refractivity contribution in [3.63, 3.8) is 0 Å². The largest absolute Gasteiger partial charge is 0.492 e. The van der Waals surface area contributed by atoms with E-state index < -0.39 is 4.92 Å². The first kappa shape index (κ1) is 13.4. The Morgan fingerprint density at radius 3 is 2.88 bits per heavy atom. The SMILES string of the molecule is NNC(=O)CCOc1cc([N+](=O)[O-])ccc1Br. The molecule has 92 valence electrons. The van der Waals surface area contributed by atoms with Gasteiger partial charge in [-0.05, 0) is 22.0 Å². The van der Waals surface area contributed by atoms with E-state index in [0.717, 1.165) is 0 Å². The van der Waals surface area contributed by atoms with Crippen molar-refractivity contribution in [1.29, 1.82) is 0 Å². The lowest BCUT2D eigenvalue weighted by molar-refractivity contribution is -0.385. The molecular weight excluding hydrogens is 294 g/mol. The Morgan fingerprint density at radius 2 is 2.29 bits per heavy atom. The van der Waals surface area contributed by atoms with Crippen molar-refractivity contribution in [3.05, 3.63) is 32.8 Å². The zero-order valence-corrected chi connectivity index (χ0v) is 10.3. The summed E-state index contributed by atoms with van der Waals surface area (Å²) in [6.45, 7) is 0.0861. The van der Waals surface area contributed by atoms with E-state index in [0.29, 0.717) is 10.2 Å². The van der Waals surface area contributed by atoms with Crippen molar-refractivity contribution in [1.82, 2.24) is 5.43 Å². The molecular formula is C9H10BrN3O4. The van der Waals surface area contributed by atoms with Gasteiger partial charge in [0.2, 0.25) is 5.91 Å². The Bertz CT molecular complexity index is 438. The van der Waals surface area contributed by atoms with Gasteiger partial charge >= 0.3 is 0 Å². The third-order valence-electron chi connectivity index (χ3n) is 1.87. The van der Waals surface area contributed by atoms with Crippen molar-refractivity contribution >= 4 is 27.5 Å². The quantitative estimate of drug-likeness (QED) is 0.367. The van der Waals surface area contributed by atoms with Gasteiger partial charge in [-0.25, -0.2) is 5.84 Å². The second-order valence-electron chi connectivity index (χ2n) is 3.04. The molecule has 0 fully saturated rings. The third-order valence-corrected chi connectivity index (χ3v) is 2.53. The Hall–Kier alpha value is -1.67. The standard InChI is InChI=1S/C9H10BrN3O4/c10-7-2-1-6(13(15)16)5-8(7)17-4-3-9(14)12-11/h1-2,5H,3-4,11H2,(H,12,14). The van der Waals surface area contributed by atoms with E-state index in [-0.39, 0.29) is 24.6 Å². The lowest BCUT2D eigenvalue weighted by Crippen LogP contribution is -2.31. The van der Waals surface area contributed by atoms with Crippen LogP contribution in [0.3, 0.4) is 0 Å². The van der Waals surface area contributed by atoms with Crippen LogP contribution in [0.25, 0.3) is 0 Å². The average molecular weight is 304 g/mol. The number of nitrogens with two attached hydrogens (primary N) is 1. The number of nitrogens with one attached hydrogen (secondary N) is 1. The number of ether oxygens (including phenoxy) is 1. The van der Waals surface area contributed by atoms with Gasteiger partial charge in [-0.2, -0.15) is 0 Å². The number of hydrogen-bond acceptors (Lipinski definition) is 5. The van der Waals surface area contributed by atoms with Crippen LogP contribution in [0.5, 0.6) is 5.75 Å². The summed E-state index contributed by atoms with van der Waals surface area (Å²) in [4.78, 5) is 20.9. The molecule has 1 rings (SSSR count). The molecule has 0 radical (unpaired) electrons. The molecule has 0 saturated heterocycles. The second kappa shape index (κ2) is 6.16. The topological polar surface area (TPSA) is 107 Å². The molecule has 3 N–H and O–H groups in total. The van der Waals surface area contributed by atoms with Crippen molar-refractivity contribution in [3.8, 4) is 5.75 Å². The van der Waals surface area contributed by atoms with Crippen LogP contribution >= 0.6 is 15.9 Å². The number of carbonyl (C=O) groups excluding carboxylic acids is 1. The smallest absolute Gasteiger partial charge is 0.273 e. The Balaban J connectivity index is 2.66. The predicted molar refractivity (Wildman–Crippen MR) is 63.2 cm³/mol. The highest BCUT2D eigenvalue weighted by atomic mass is 79.9. The zero-order valence-electron chi connectivity index (χ0n) is 8.68. The number of non-ortho nitro benzene ring substituents is 1. The van der Waals surface area contributed by atoms with Gasteiger partial charge in [0, 0.05) is 6.07 Å². The van der Waals surface area contributed by atoms with E-state index in [1.807, 2.05) is 5.43 Å². The Labute approximate surface area is 105 Å². The monoisotopic (exact) mass is 303 g/mol. The van der Waals surface area contributed by atoms with E-state index in [4.69, 9.17) is 10.6 Å². The minimum atomic E-state index is -0.522. The average Bonchev–Trinajstić information content (AvgIpc) is 2.30. The third kappa shape index (κ3) is 4.00. The van der Waals surface area contributed by atoms with Crippen LogP contribution in [0.15, 0.2) is 22.7 Å².